The van der Waals surface area contributed by atoms with E-state index in [0.29, 0.717) is 17.6 Å². The molecule has 146 valence electrons. The van der Waals surface area contributed by atoms with Crippen LogP contribution in [0.1, 0.15) is 32.9 Å². The SMILES string of the molecule is CC[C@H](C)OC(=O)OC1[C@H]2O[C@@](C)(c3ccc4c(N)ncnn34)[C@H](O)[C@@]12O. The molecule has 27 heavy (non-hydrogen) atoms. The molecule has 2 aliphatic rings. The van der Waals surface area contributed by atoms with Crippen molar-refractivity contribution < 1.29 is 29.2 Å². The number of carbonyl (C=O) groups is 1. The predicted molar refractivity (Wildman–Crippen MR) is 91.7 cm³/mol. The van der Waals surface area contributed by atoms with Gasteiger partial charge in [0.2, 0.25) is 0 Å². The molecule has 1 aliphatic heterocycles. The van der Waals surface area contributed by atoms with Gasteiger partial charge in [-0.2, -0.15) is 5.10 Å². The number of fused-ring (bicyclic) bond motifs is 2. The van der Waals surface area contributed by atoms with E-state index in [1.807, 2.05) is 6.92 Å². The number of ether oxygens (including phenoxy) is 3. The topological polar surface area (TPSA) is 141 Å². The third-order valence-electron chi connectivity index (χ3n) is 5.49. The predicted octanol–water partition coefficient (Wildman–Crippen LogP) is 0.351. The van der Waals surface area contributed by atoms with Gasteiger partial charge >= 0.3 is 6.16 Å². The second-order valence-electron chi connectivity index (χ2n) is 7.22. The molecule has 10 nitrogen and oxygen atoms in total. The fourth-order valence-corrected chi connectivity index (χ4v) is 3.63. The highest BCUT2D eigenvalue weighted by Gasteiger charge is 2.82. The molecule has 2 aromatic heterocycles. The number of nitrogens with zero attached hydrogens (tertiary/aromatic N) is 3. The van der Waals surface area contributed by atoms with Gasteiger partial charge < -0.3 is 30.2 Å². The maximum absolute atomic E-state index is 11.8. The number of anilines is 1. The van der Waals surface area contributed by atoms with Crippen LogP contribution in [-0.2, 0) is 19.8 Å². The second kappa shape index (κ2) is 5.78. The van der Waals surface area contributed by atoms with Crippen molar-refractivity contribution in [2.45, 2.75) is 62.8 Å². The summed E-state index contributed by atoms with van der Waals surface area (Å²) >= 11 is 0. The van der Waals surface area contributed by atoms with Crippen molar-refractivity contribution in [3.63, 3.8) is 0 Å². The molecule has 4 rings (SSSR count). The van der Waals surface area contributed by atoms with Crippen molar-refractivity contribution in [3.05, 3.63) is 24.2 Å². The van der Waals surface area contributed by atoms with Gasteiger partial charge in [0.1, 0.15) is 35.8 Å². The molecule has 0 aromatic carbocycles. The summed E-state index contributed by atoms with van der Waals surface area (Å²) in [4.78, 5) is 15.7. The molecule has 4 N–H and O–H groups in total. The van der Waals surface area contributed by atoms with Crippen LogP contribution in [0, 0.1) is 0 Å². The van der Waals surface area contributed by atoms with E-state index in [1.165, 1.54) is 10.8 Å². The summed E-state index contributed by atoms with van der Waals surface area (Å²) < 4.78 is 17.6. The van der Waals surface area contributed by atoms with E-state index in [4.69, 9.17) is 19.9 Å². The Kier molecular flexibility index (Phi) is 3.85. The molecule has 0 radical (unpaired) electrons. The molecule has 2 aromatic rings. The molecule has 0 amide bonds. The zero-order chi connectivity index (χ0) is 19.6. The molecule has 1 saturated carbocycles. The molecule has 10 heteroatoms. The summed E-state index contributed by atoms with van der Waals surface area (Å²) in [5.41, 5.74) is 3.91. The maximum atomic E-state index is 11.8. The van der Waals surface area contributed by atoms with Gasteiger partial charge in [0.15, 0.2) is 17.5 Å². The molecule has 0 bridgehead atoms. The fourth-order valence-electron chi connectivity index (χ4n) is 3.63. The standard InChI is InChI=1S/C17H22N4O6/c1-4-8(2)25-15(23)26-11-12-17(11,24)14(22)16(3,27-12)10-6-5-9-13(18)19-7-20-21(9)10/h5-8,11-12,14,22,24H,4H2,1-3H3,(H2,18,19,20)/t8-,11?,12+,14-,16-,17+/m0/s1. The Morgan fingerprint density at radius 2 is 2.26 bits per heavy atom. The van der Waals surface area contributed by atoms with Crippen molar-refractivity contribution in [1.82, 2.24) is 14.6 Å². The summed E-state index contributed by atoms with van der Waals surface area (Å²) in [6.45, 7) is 5.24. The molecule has 6 atom stereocenters. The monoisotopic (exact) mass is 378 g/mol. The molecule has 3 heterocycles. The third kappa shape index (κ3) is 2.40. The summed E-state index contributed by atoms with van der Waals surface area (Å²) in [6, 6.07) is 3.40. The number of aliphatic hydroxyl groups excluding tert-OH is 1. The quantitative estimate of drug-likeness (QED) is 0.642. The van der Waals surface area contributed by atoms with Gasteiger partial charge in [0, 0.05) is 0 Å². The van der Waals surface area contributed by atoms with Crippen molar-refractivity contribution >= 4 is 17.5 Å². The number of hydrogen-bond donors (Lipinski definition) is 3. The van der Waals surface area contributed by atoms with E-state index in [1.54, 1.807) is 26.0 Å². The van der Waals surface area contributed by atoms with Crippen LogP contribution in [-0.4, -0.2) is 61.0 Å². The van der Waals surface area contributed by atoms with Crippen LogP contribution >= 0.6 is 0 Å². The van der Waals surface area contributed by atoms with Gasteiger partial charge in [-0.05, 0) is 32.4 Å². The van der Waals surface area contributed by atoms with Gasteiger partial charge in [-0.1, -0.05) is 6.92 Å². The minimum Gasteiger partial charge on any atom is -0.431 e. The van der Waals surface area contributed by atoms with Gasteiger partial charge in [0.05, 0.1) is 5.69 Å². The lowest BCUT2D eigenvalue weighted by atomic mass is 9.91. The first kappa shape index (κ1) is 18.0. The van der Waals surface area contributed by atoms with Crippen molar-refractivity contribution in [2.75, 3.05) is 5.73 Å². The first-order valence-corrected chi connectivity index (χ1v) is 8.77. The van der Waals surface area contributed by atoms with E-state index in [-0.39, 0.29) is 11.9 Å². The number of carbonyl (C=O) groups excluding carboxylic acids is 1. The van der Waals surface area contributed by atoms with E-state index < -0.39 is 35.7 Å². The Hall–Kier alpha value is -2.43. The highest BCUT2D eigenvalue weighted by Crippen LogP contribution is 2.59. The third-order valence-corrected chi connectivity index (χ3v) is 5.49. The van der Waals surface area contributed by atoms with Crippen molar-refractivity contribution in [3.8, 4) is 0 Å². The fraction of sp³-hybridized carbons (Fsp3) is 0.588. The highest BCUT2D eigenvalue weighted by atomic mass is 16.8. The van der Waals surface area contributed by atoms with Crippen LogP contribution in [0.15, 0.2) is 18.5 Å². The summed E-state index contributed by atoms with van der Waals surface area (Å²) in [5, 5.41) is 25.8. The number of aromatic nitrogens is 3. The lowest BCUT2D eigenvalue weighted by Crippen LogP contribution is -2.46. The van der Waals surface area contributed by atoms with E-state index >= 15 is 0 Å². The smallest absolute Gasteiger partial charge is 0.431 e. The minimum absolute atomic E-state index is 0.283. The Bertz CT molecular complexity index is 903. The highest BCUT2D eigenvalue weighted by molar-refractivity contribution is 5.66. The lowest BCUT2D eigenvalue weighted by Gasteiger charge is -2.32. The van der Waals surface area contributed by atoms with Gasteiger partial charge in [-0.15, -0.1) is 0 Å². The first-order chi connectivity index (χ1) is 12.7. The molecular weight excluding hydrogens is 356 g/mol. The van der Waals surface area contributed by atoms with Crippen LogP contribution in [0.25, 0.3) is 5.52 Å². The zero-order valence-corrected chi connectivity index (χ0v) is 15.2. The largest absolute Gasteiger partial charge is 0.509 e. The minimum atomic E-state index is -1.72. The summed E-state index contributed by atoms with van der Waals surface area (Å²) in [6.07, 6.45) is -2.50. The summed E-state index contributed by atoms with van der Waals surface area (Å²) in [5.74, 6) is 0.283. The van der Waals surface area contributed by atoms with Crippen molar-refractivity contribution in [2.24, 2.45) is 0 Å². The molecule has 1 unspecified atom stereocenters. The van der Waals surface area contributed by atoms with E-state index in [9.17, 15) is 15.0 Å². The van der Waals surface area contributed by atoms with Gasteiger partial charge in [-0.3, -0.25) is 0 Å². The van der Waals surface area contributed by atoms with Crippen LogP contribution < -0.4 is 5.73 Å². The lowest BCUT2D eigenvalue weighted by molar-refractivity contribution is -0.133. The Morgan fingerprint density at radius 1 is 1.52 bits per heavy atom. The first-order valence-electron chi connectivity index (χ1n) is 8.77. The average Bonchev–Trinajstić information content (AvgIpc) is 2.96. The van der Waals surface area contributed by atoms with Crippen LogP contribution in [0.4, 0.5) is 10.6 Å². The van der Waals surface area contributed by atoms with E-state index in [2.05, 4.69) is 10.1 Å². The number of nitrogen functional groups attached to an aromatic ring is 1. The maximum Gasteiger partial charge on any atom is 0.509 e. The zero-order valence-electron chi connectivity index (χ0n) is 15.2. The normalized spacial score (nSPS) is 35.7. The van der Waals surface area contributed by atoms with Gasteiger partial charge in [-0.25, -0.2) is 14.3 Å². The van der Waals surface area contributed by atoms with Crippen LogP contribution in [0.3, 0.4) is 0 Å². The van der Waals surface area contributed by atoms with Crippen LogP contribution in [0.2, 0.25) is 0 Å². The molecular formula is C17H22N4O6. The second-order valence-corrected chi connectivity index (χ2v) is 7.22. The molecule has 1 aliphatic carbocycles. The van der Waals surface area contributed by atoms with Crippen LogP contribution in [0.5, 0.6) is 0 Å². The Morgan fingerprint density at radius 3 is 2.89 bits per heavy atom. The van der Waals surface area contributed by atoms with Gasteiger partial charge in [0.25, 0.3) is 0 Å². The van der Waals surface area contributed by atoms with E-state index in [0.717, 1.165) is 0 Å². The molecule has 2 fully saturated rings. The Labute approximate surface area is 154 Å². The number of hydrogen-bond acceptors (Lipinski definition) is 9. The number of aliphatic hydroxyl groups is 2. The molecule has 0 spiro atoms. The average molecular weight is 378 g/mol. The molecule has 1 saturated heterocycles. The Balaban J connectivity index is 1.56. The number of rotatable bonds is 4. The van der Waals surface area contributed by atoms with Crippen molar-refractivity contribution in [1.29, 1.82) is 0 Å². The number of nitrogens with two attached hydrogens (primary N) is 1. The summed E-state index contributed by atoms with van der Waals surface area (Å²) in [7, 11) is 0.